The van der Waals surface area contributed by atoms with Gasteiger partial charge in [-0.2, -0.15) is 0 Å². The second kappa shape index (κ2) is 10.1. The van der Waals surface area contributed by atoms with Crippen LogP contribution in [0.2, 0.25) is 0 Å². The van der Waals surface area contributed by atoms with Crippen LogP contribution in [-0.2, 0) is 14.3 Å². The lowest BCUT2D eigenvalue weighted by molar-refractivity contribution is -0.210. The molecule has 1 aliphatic carbocycles. The van der Waals surface area contributed by atoms with E-state index < -0.39 is 54.5 Å². The molecule has 1 aromatic carbocycles. The number of hydrogen-bond donors (Lipinski definition) is 2. The molecule has 5 atom stereocenters. The average Bonchev–Trinajstić information content (AvgIpc) is 3.51. The number of methoxy groups -OCH3 is 1. The Labute approximate surface area is 205 Å². The molecule has 1 saturated carbocycles. The highest BCUT2D eigenvalue weighted by atomic mass is 19.2. The number of benzene rings is 1. The number of hydrogen-bond acceptors (Lipinski definition) is 8. The van der Waals surface area contributed by atoms with E-state index in [-0.39, 0.29) is 16.9 Å². The monoisotopic (exact) mass is 510 g/mol. The van der Waals surface area contributed by atoms with Crippen molar-refractivity contribution in [3.05, 3.63) is 35.8 Å². The van der Waals surface area contributed by atoms with Crippen molar-refractivity contribution in [1.29, 1.82) is 0 Å². The molecule has 0 amide bonds. The minimum absolute atomic E-state index is 0.0511. The first kappa shape index (κ1) is 25.1. The number of aromatic nitrogens is 3. The zero-order chi connectivity index (χ0) is 25.4. The predicted molar refractivity (Wildman–Crippen MR) is 120 cm³/mol. The molecule has 0 bridgehead atoms. The summed E-state index contributed by atoms with van der Waals surface area (Å²) in [5, 5.41) is 33.1. The van der Waals surface area contributed by atoms with Gasteiger partial charge in [0.05, 0.1) is 24.6 Å². The van der Waals surface area contributed by atoms with Crippen molar-refractivity contribution < 1.29 is 37.7 Å². The first-order valence-electron chi connectivity index (χ1n) is 12.1. The van der Waals surface area contributed by atoms with Gasteiger partial charge in [-0.1, -0.05) is 16.8 Å². The molecule has 1 aromatic heterocycles. The molecular weight excluding hydrogens is 481 g/mol. The first-order chi connectivity index (χ1) is 17.4. The quantitative estimate of drug-likeness (QED) is 0.575. The molecule has 2 aromatic rings. The van der Waals surface area contributed by atoms with Crippen LogP contribution < -0.4 is 0 Å². The summed E-state index contributed by atoms with van der Waals surface area (Å²) >= 11 is 0. The number of aliphatic hydroxyl groups is 2. The fourth-order valence-electron chi connectivity index (χ4n) is 5.60. The number of halogens is 3. The molecule has 1 saturated heterocycles. The Hall–Kier alpha value is -2.54. The average molecular weight is 511 g/mol. The molecule has 1 spiro atoms. The van der Waals surface area contributed by atoms with Gasteiger partial charge in [0.2, 0.25) is 0 Å². The van der Waals surface area contributed by atoms with E-state index in [9.17, 15) is 23.4 Å². The third kappa shape index (κ3) is 4.51. The number of aliphatic hydroxyl groups excluding tert-OH is 2. The van der Waals surface area contributed by atoms with Crippen LogP contribution in [0.15, 0.2) is 23.5 Å². The lowest BCUT2D eigenvalue weighted by Gasteiger charge is -2.43. The van der Waals surface area contributed by atoms with Gasteiger partial charge in [-0.15, -0.1) is 5.10 Å². The Balaban J connectivity index is 1.40. The van der Waals surface area contributed by atoms with Gasteiger partial charge in [-0.3, -0.25) is 0 Å². The number of ether oxygens (including phenoxy) is 2. The van der Waals surface area contributed by atoms with Crippen LogP contribution in [0.4, 0.5) is 13.2 Å². The summed E-state index contributed by atoms with van der Waals surface area (Å²) in [6.45, 7) is -0.461. The maximum atomic E-state index is 14.3. The summed E-state index contributed by atoms with van der Waals surface area (Å²) in [6.07, 6.45) is 4.09. The van der Waals surface area contributed by atoms with Gasteiger partial charge in [0, 0.05) is 25.5 Å². The number of rotatable bonds is 6. The summed E-state index contributed by atoms with van der Waals surface area (Å²) in [5.41, 5.74) is 0.222. The number of nitrogens with zero attached hydrogens (tertiary/aromatic N) is 4. The van der Waals surface area contributed by atoms with Crippen LogP contribution in [0.1, 0.15) is 51.0 Å². The molecule has 0 radical (unpaired) electrons. The Kier molecular flexibility index (Phi) is 7.03. The van der Waals surface area contributed by atoms with E-state index in [0.717, 1.165) is 43.5 Å². The molecule has 12 heteroatoms. The first-order valence-corrected chi connectivity index (χ1v) is 12.1. The molecular formula is C24H29F3N4O5. The topological polar surface area (TPSA) is 111 Å². The molecule has 5 rings (SSSR count). The van der Waals surface area contributed by atoms with E-state index in [1.807, 2.05) is 0 Å². The zero-order valence-electron chi connectivity index (χ0n) is 19.8. The Morgan fingerprint density at radius 1 is 1.14 bits per heavy atom. The lowest BCUT2D eigenvalue weighted by atomic mass is 9.80. The van der Waals surface area contributed by atoms with E-state index in [2.05, 4.69) is 15.5 Å². The minimum atomic E-state index is -1.61. The molecule has 3 aliphatic rings. The van der Waals surface area contributed by atoms with Crippen LogP contribution in [0.5, 0.6) is 0 Å². The highest BCUT2D eigenvalue weighted by molar-refractivity contribution is 5.86. The van der Waals surface area contributed by atoms with Gasteiger partial charge >= 0.3 is 0 Å². The maximum Gasteiger partial charge on any atom is 0.195 e. The zero-order valence-corrected chi connectivity index (χ0v) is 19.8. The van der Waals surface area contributed by atoms with Crippen molar-refractivity contribution in [3.8, 4) is 11.3 Å². The van der Waals surface area contributed by atoms with Crippen molar-refractivity contribution in [2.75, 3.05) is 13.7 Å². The van der Waals surface area contributed by atoms with Crippen LogP contribution in [-0.4, -0.2) is 74.7 Å². The smallest absolute Gasteiger partial charge is 0.195 e. The van der Waals surface area contributed by atoms with Gasteiger partial charge in [-0.25, -0.2) is 17.9 Å². The summed E-state index contributed by atoms with van der Waals surface area (Å²) in [5.74, 6) is -4.32. The standard InChI is InChI=1S/C24H29F3N4O5/c1-34-23-17(9-13-10-24(36-29-13)7-3-2-4-8-24)35-18(12-32)22(33)21(23)31-11-16(28-30-31)14-5-6-15(25)20(27)19(14)26/h5-6,11,17-18,21-23,32-33H,2-4,7-10,12H2,1H3/t17-,18-,21+,22+,23+/m1/s1. The molecule has 0 unspecified atom stereocenters. The van der Waals surface area contributed by atoms with E-state index in [1.165, 1.54) is 24.4 Å². The van der Waals surface area contributed by atoms with Crippen molar-refractivity contribution in [2.24, 2.45) is 5.16 Å². The minimum Gasteiger partial charge on any atom is -0.394 e. The normalized spacial score (nSPS) is 29.8. The van der Waals surface area contributed by atoms with E-state index >= 15 is 0 Å². The summed E-state index contributed by atoms with van der Waals surface area (Å²) in [6, 6.07) is 0.997. The third-order valence-electron chi connectivity index (χ3n) is 7.46. The molecule has 2 aliphatic heterocycles. The largest absolute Gasteiger partial charge is 0.394 e. The SMILES string of the molecule is CO[C@@H]1[C@@H](n2cc(-c3ccc(F)c(F)c3F)nn2)[C@@H](O)[C@@H](CO)O[C@@H]1CC1=NOC2(CCCCC2)C1. The second-order valence-electron chi connectivity index (χ2n) is 9.76. The molecule has 2 N–H and O–H groups in total. The van der Waals surface area contributed by atoms with E-state index in [4.69, 9.17) is 14.3 Å². The van der Waals surface area contributed by atoms with Crippen LogP contribution in [0.25, 0.3) is 11.3 Å². The molecule has 3 heterocycles. The van der Waals surface area contributed by atoms with Crippen molar-refractivity contribution >= 4 is 5.71 Å². The van der Waals surface area contributed by atoms with E-state index in [0.29, 0.717) is 12.8 Å². The van der Waals surface area contributed by atoms with Gasteiger partial charge in [0.15, 0.2) is 17.5 Å². The van der Waals surface area contributed by atoms with Crippen LogP contribution in [0.3, 0.4) is 0 Å². The summed E-state index contributed by atoms with van der Waals surface area (Å²) < 4.78 is 54.5. The van der Waals surface area contributed by atoms with Gasteiger partial charge in [0.1, 0.15) is 35.6 Å². The van der Waals surface area contributed by atoms with Crippen LogP contribution >= 0.6 is 0 Å². The fraction of sp³-hybridized carbons (Fsp3) is 0.625. The van der Waals surface area contributed by atoms with Gasteiger partial charge in [0.25, 0.3) is 0 Å². The van der Waals surface area contributed by atoms with Crippen molar-refractivity contribution in [3.63, 3.8) is 0 Å². The number of oxime groups is 1. The molecule has 2 fully saturated rings. The Bertz CT molecular complexity index is 1120. The Morgan fingerprint density at radius 3 is 2.64 bits per heavy atom. The lowest BCUT2D eigenvalue weighted by Crippen LogP contribution is -2.57. The maximum absolute atomic E-state index is 14.3. The van der Waals surface area contributed by atoms with Crippen LogP contribution in [0, 0.1) is 17.5 Å². The Morgan fingerprint density at radius 2 is 1.92 bits per heavy atom. The molecule has 196 valence electrons. The molecule has 36 heavy (non-hydrogen) atoms. The second-order valence-corrected chi connectivity index (χ2v) is 9.76. The highest BCUT2D eigenvalue weighted by Gasteiger charge is 2.49. The third-order valence-corrected chi connectivity index (χ3v) is 7.46. The molecule has 9 nitrogen and oxygen atoms in total. The fourth-order valence-corrected chi connectivity index (χ4v) is 5.60. The van der Waals surface area contributed by atoms with Gasteiger partial charge in [-0.05, 0) is 37.8 Å². The van der Waals surface area contributed by atoms with Crippen molar-refractivity contribution in [1.82, 2.24) is 15.0 Å². The summed E-state index contributed by atoms with van der Waals surface area (Å²) in [4.78, 5) is 5.84. The predicted octanol–water partition coefficient (Wildman–Crippen LogP) is 2.91. The van der Waals surface area contributed by atoms with Crippen molar-refractivity contribution in [2.45, 2.75) is 81.0 Å². The summed E-state index contributed by atoms with van der Waals surface area (Å²) in [7, 11) is 1.46. The van der Waals surface area contributed by atoms with E-state index in [1.54, 1.807) is 0 Å². The van der Waals surface area contributed by atoms with Gasteiger partial charge < -0.3 is 24.5 Å². The highest BCUT2D eigenvalue weighted by Crippen LogP contribution is 2.41.